The van der Waals surface area contributed by atoms with E-state index in [-0.39, 0.29) is 29.8 Å². The van der Waals surface area contributed by atoms with Gasteiger partial charge in [-0.15, -0.1) is 0 Å². The fourth-order valence-electron chi connectivity index (χ4n) is 5.65. The highest BCUT2D eigenvalue weighted by molar-refractivity contribution is 6.32. The van der Waals surface area contributed by atoms with Crippen molar-refractivity contribution in [1.82, 2.24) is 0 Å². The number of carbonyl (C=O) groups is 1. The number of halogens is 1. The predicted molar refractivity (Wildman–Crippen MR) is 115 cm³/mol. The van der Waals surface area contributed by atoms with Crippen LogP contribution in [0.15, 0.2) is 36.4 Å². The molecule has 3 fully saturated rings. The minimum atomic E-state index is -0.741. The van der Waals surface area contributed by atoms with Crippen LogP contribution in [0.1, 0.15) is 36.8 Å². The van der Waals surface area contributed by atoms with E-state index < -0.39 is 12.0 Å². The average Bonchev–Trinajstić information content (AvgIpc) is 3.41. The van der Waals surface area contributed by atoms with E-state index >= 15 is 0 Å². The van der Waals surface area contributed by atoms with Gasteiger partial charge in [0.25, 0.3) is 5.69 Å². The maximum absolute atomic E-state index is 13.3. The van der Waals surface area contributed by atoms with Crippen LogP contribution in [0.4, 0.5) is 5.69 Å². The summed E-state index contributed by atoms with van der Waals surface area (Å²) in [5.41, 5.74) is 2.21. The number of ketones is 1. The lowest BCUT2D eigenvalue weighted by Gasteiger charge is -2.23. The number of hydrogen-bond donors (Lipinski definition) is 1. The van der Waals surface area contributed by atoms with Gasteiger partial charge < -0.3 is 14.6 Å². The number of nitroso groups, excluding NO2 is 1. The summed E-state index contributed by atoms with van der Waals surface area (Å²) in [4.78, 5) is 24.9. The first-order valence-electron chi connectivity index (χ1n) is 10.8. The summed E-state index contributed by atoms with van der Waals surface area (Å²) in [6.07, 6.45) is 1.77. The summed E-state index contributed by atoms with van der Waals surface area (Å²) >= 11 is 6.19. The molecule has 1 N–H and O–H groups in total. The molecule has 3 aliphatic rings. The number of aliphatic hydroxyl groups is 1. The Kier molecular flexibility index (Phi) is 5.12. The molecule has 2 aromatic rings. The molecule has 7 heteroatoms. The van der Waals surface area contributed by atoms with Crippen LogP contribution >= 0.6 is 11.6 Å². The van der Waals surface area contributed by atoms with Gasteiger partial charge in [0.15, 0.2) is 7.05 Å². The van der Waals surface area contributed by atoms with Crippen LogP contribution in [-0.2, 0) is 16.0 Å². The summed E-state index contributed by atoms with van der Waals surface area (Å²) in [5, 5.41) is 11.4. The largest absolute Gasteiger partial charge is 0.457 e. The van der Waals surface area contributed by atoms with Gasteiger partial charge in [-0.2, -0.15) is 0 Å². The molecule has 6 atom stereocenters. The van der Waals surface area contributed by atoms with Crippen molar-refractivity contribution in [3.8, 4) is 11.5 Å². The molecule has 31 heavy (non-hydrogen) atoms. The van der Waals surface area contributed by atoms with Crippen molar-refractivity contribution in [1.29, 1.82) is 0 Å². The molecule has 2 heterocycles. The van der Waals surface area contributed by atoms with E-state index in [2.05, 4.69) is 0 Å². The standard InChI is InChI=1S/C24H25ClNO5/c1-3-12-4-5-13(30-14-6-7-17(26(2)29)16(25)11-14)10-15(12)20-23(27)21-18-8-9-19(31-18)22(21)24(20)28/h4-7,10-11,18-23,27H,3,8-9H2,1-2H3/q+1. The van der Waals surface area contributed by atoms with E-state index in [0.717, 1.165) is 30.4 Å². The summed E-state index contributed by atoms with van der Waals surface area (Å²) in [7, 11) is 1.38. The SMILES string of the molecule is CCc1ccc(Oc2ccc([N+](C)=O)c(Cl)c2)cc1C1C(=O)C2C3CCC(O3)C2C1O. The minimum absolute atomic E-state index is 0.0109. The van der Waals surface area contributed by atoms with Gasteiger partial charge in [-0.25, -0.2) is 0 Å². The van der Waals surface area contributed by atoms with E-state index in [1.807, 2.05) is 25.1 Å². The Morgan fingerprint density at radius 3 is 2.55 bits per heavy atom. The lowest BCUT2D eigenvalue weighted by atomic mass is 9.81. The molecule has 2 aliphatic heterocycles. The zero-order valence-electron chi connectivity index (χ0n) is 17.5. The molecule has 2 bridgehead atoms. The first-order valence-corrected chi connectivity index (χ1v) is 11.1. The van der Waals surface area contributed by atoms with Gasteiger partial charge in [-0.3, -0.25) is 4.79 Å². The smallest absolute Gasteiger partial charge is 0.274 e. The van der Waals surface area contributed by atoms with Crippen LogP contribution in [0.2, 0.25) is 5.02 Å². The Morgan fingerprint density at radius 1 is 1.16 bits per heavy atom. The van der Waals surface area contributed by atoms with E-state index in [4.69, 9.17) is 21.1 Å². The maximum Gasteiger partial charge on any atom is 0.274 e. The molecular formula is C24H25ClNO5+. The molecule has 1 aliphatic carbocycles. The quantitative estimate of drug-likeness (QED) is 0.687. The third kappa shape index (κ3) is 3.28. The van der Waals surface area contributed by atoms with Crippen molar-refractivity contribution in [3.63, 3.8) is 0 Å². The molecule has 0 amide bonds. The van der Waals surface area contributed by atoms with E-state index in [1.165, 1.54) is 7.05 Å². The highest BCUT2D eigenvalue weighted by Gasteiger charge is 2.62. The number of aryl methyl sites for hydroxylation is 1. The fourth-order valence-corrected chi connectivity index (χ4v) is 5.94. The van der Waals surface area contributed by atoms with Gasteiger partial charge >= 0.3 is 0 Å². The van der Waals surface area contributed by atoms with Gasteiger partial charge in [0, 0.05) is 27.7 Å². The van der Waals surface area contributed by atoms with Crippen LogP contribution < -0.4 is 4.74 Å². The van der Waals surface area contributed by atoms with Gasteiger partial charge in [0.1, 0.15) is 22.3 Å². The Labute approximate surface area is 185 Å². The van der Waals surface area contributed by atoms with E-state index in [1.54, 1.807) is 18.2 Å². The molecule has 0 radical (unpaired) electrons. The Morgan fingerprint density at radius 2 is 1.87 bits per heavy atom. The molecule has 162 valence electrons. The number of fused-ring (bicyclic) bond motifs is 5. The van der Waals surface area contributed by atoms with Crippen molar-refractivity contribution in [2.75, 3.05) is 7.05 Å². The number of benzene rings is 2. The Hall–Kier alpha value is -2.28. The molecule has 6 nitrogen and oxygen atoms in total. The summed E-state index contributed by atoms with van der Waals surface area (Å²) < 4.78 is 12.6. The number of hydrogen-bond acceptors (Lipinski definition) is 5. The molecule has 0 spiro atoms. The number of aliphatic hydroxyl groups excluding tert-OH is 1. The maximum atomic E-state index is 13.3. The van der Waals surface area contributed by atoms with E-state index in [0.29, 0.717) is 27.0 Å². The molecule has 1 saturated carbocycles. The molecular weight excluding hydrogens is 418 g/mol. The highest BCUT2D eigenvalue weighted by Crippen LogP contribution is 2.54. The lowest BCUT2D eigenvalue weighted by molar-refractivity contribution is -0.428. The van der Waals surface area contributed by atoms with Crippen LogP contribution in [0.3, 0.4) is 0 Å². The molecule has 0 aromatic heterocycles. The van der Waals surface area contributed by atoms with Crippen LogP contribution in [-0.4, -0.2) is 41.0 Å². The molecule has 2 saturated heterocycles. The van der Waals surface area contributed by atoms with Crippen LogP contribution in [0.25, 0.3) is 0 Å². The highest BCUT2D eigenvalue weighted by atomic mass is 35.5. The summed E-state index contributed by atoms with van der Waals surface area (Å²) in [5.74, 6) is 0.266. The van der Waals surface area contributed by atoms with Crippen LogP contribution in [0, 0.1) is 16.7 Å². The second-order valence-corrected chi connectivity index (χ2v) is 9.10. The molecule has 6 unspecified atom stereocenters. The number of carbonyl (C=O) groups excluding carboxylic acids is 1. The lowest BCUT2D eigenvalue weighted by Crippen LogP contribution is -2.31. The second kappa shape index (κ2) is 7.69. The zero-order valence-corrected chi connectivity index (χ0v) is 18.2. The Balaban J connectivity index is 1.46. The summed E-state index contributed by atoms with van der Waals surface area (Å²) in [6.45, 7) is 2.04. The summed E-state index contributed by atoms with van der Waals surface area (Å²) in [6, 6.07) is 10.5. The predicted octanol–water partition coefficient (Wildman–Crippen LogP) is 4.56. The van der Waals surface area contributed by atoms with Gasteiger partial charge in [0.2, 0.25) is 0 Å². The molecule has 2 aromatic carbocycles. The fraction of sp³-hybridized carbons (Fsp3) is 0.458. The van der Waals surface area contributed by atoms with Crippen molar-refractivity contribution < 1.29 is 24.1 Å². The van der Waals surface area contributed by atoms with Gasteiger partial charge in [0.05, 0.1) is 30.1 Å². The number of ether oxygens (including phenoxy) is 2. The monoisotopic (exact) mass is 442 g/mol. The van der Waals surface area contributed by atoms with Crippen molar-refractivity contribution in [2.45, 2.75) is 50.4 Å². The first-order chi connectivity index (χ1) is 14.9. The topological polar surface area (TPSA) is 75.8 Å². The average molecular weight is 443 g/mol. The number of Topliss-reactive ketones (excluding diaryl/α,β-unsaturated/α-hetero) is 1. The molecule has 5 rings (SSSR count). The third-order valence-corrected chi connectivity index (χ3v) is 7.33. The zero-order chi connectivity index (χ0) is 21.9. The van der Waals surface area contributed by atoms with Crippen LogP contribution in [0.5, 0.6) is 11.5 Å². The van der Waals surface area contributed by atoms with Gasteiger partial charge in [-0.1, -0.05) is 24.6 Å². The van der Waals surface area contributed by atoms with Gasteiger partial charge in [-0.05, 0) is 48.6 Å². The minimum Gasteiger partial charge on any atom is -0.457 e. The Bertz CT molecular complexity index is 1070. The number of nitrogens with zero attached hydrogens (tertiary/aromatic N) is 1. The second-order valence-electron chi connectivity index (χ2n) is 8.69. The normalized spacial score (nSPS) is 31.2. The first kappa shape index (κ1) is 20.6. The van der Waals surface area contributed by atoms with Crippen molar-refractivity contribution >= 4 is 23.1 Å². The van der Waals surface area contributed by atoms with Crippen molar-refractivity contribution in [2.24, 2.45) is 11.8 Å². The van der Waals surface area contributed by atoms with E-state index in [9.17, 15) is 14.8 Å². The third-order valence-electron chi connectivity index (χ3n) is 7.03. The number of rotatable bonds is 5. The van der Waals surface area contributed by atoms with Crippen molar-refractivity contribution in [3.05, 3.63) is 57.5 Å².